The minimum absolute atomic E-state index is 0.179. The second kappa shape index (κ2) is 9.34. The van der Waals surface area contributed by atoms with Crippen LogP contribution in [0.5, 0.6) is 11.5 Å². The molecule has 1 saturated heterocycles. The van der Waals surface area contributed by atoms with Crippen molar-refractivity contribution >= 4 is 34.5 Å². The van der Waals surface area contributed by atoms with Gasteiger partial charge in [0.25, 0.3) is 5.24 Å². The maximum absolute atomic E-state index is 12.8. The topological polar surface area (TPSA) is 55.8 Å². The quantitative estimate of drug-likeness (QED) is 0.606. The highest BCUT2D eigenvalue weighted by Gasteiger charge is 2.39. The van der Waals surface area contributed by atoms with Crippen LogP contribution in [0.15, 0.2) is 42.5 Å². The van der Waals surface area contributed by atoms with E-state index in [0.29, 0.717) is 30.4 Å². The molecule has 0 bridgehead atoms. The van der Waals surface area contributed by atoms with Gasteiger partial charge in [-0.25, -0.2) is 0 Å². The number of carbonyl (C=O) groups is 2. The summed E-state index contributed by atoms with van der Waals surface area (Å²) >= 11 is 6.96. The van der Waals surface area contributed by atoms with Crippen molar-refractivity contribution in [1.82, 2.24) is 4.90 Å². The van der Waals surface area contributed by atoms with Crippen molar-refractivity contribution in [3.05, 3.63) is 58.6 Å². The summed E-state index contributed by atoms with van der Waals surface area (Å²) in [4.78, 5) is 26.5. The van der Waals surface area contributed by atoms with Gasteiger partial charge in [0.2, 0.25) is 5.91 Å². The molecule has 0 radical (unpaired) electrons. The summed E-state index contributed by atoms with van der Waals surface area (Å²) in [6.45, 7) is 5.15. The third kappa shape index (κ3) is 4.80. The van der Waals surface area contributed by atoms with E-state index < -0.39 is 5.25 Å². The molecule has 0 saturated carbocycles. The smallest absolute Gasteiger partial charge is 0.289 e. The first-order valence-electron chi connectivity index (χ1n) is 9.16. The maximum Gasteiger partial charge on any atom is 0.289 e. The molecule has 5 nitrogen and oxygen atoms in total. The van der Waals surface area contributed by atoms with Crippen molar-refractivity contribution in [2.24, 2.45) is 0 Å². The van der Waals surface area contributed by atoms with Crippen LogP contribution in [-0.2, 0) is 17.8 Å². The lowest BCUT2D eigenvalue weighted by molar-refractivity contribution is -0.127. The van der Waals surface area contributed by atoms with Gasteiger partial charge in [-0.1, -0.05) is 41.6 Å². The van der Waals surface area contributed by atoms with Crippen LogP contribution < -0.4 is 9.47 Å². The van der Waals surface area contributed by atoms with Crippen LogP contribution in [0.25, 0.3) is 0 Å². The molecule has 1 fully saturated rings. The Morgan fingerprint density at radius 3 is 2.43 bits per heavy atom. The Labute approximate surface area is 174 Å². The minimum Gasteiger partial charge on any atom is -0.494 e. The standard InChI is InChI=1S/C21H22ClNO4S/c1-3-26-17-10-7-15(18(12-17)27-4-2)11-19-20(24)23(21(25)28-19)13-14-5-8-16(22)9-6-14/h5-10,12,19H,3-4,11,13H2,1-2H3/t19-/m1/s1. The summed E-state index contributed by atoms with van der Waals surface area (Å²) in [5, 5.41) is -0.0696. The van der Waals surface area contributed by atoms with E-state index in [1.54, 1.807) is 12.1 Å². The predicted molar refractivity (Wildman–Crippen MR) is 111 cm³/mol. The fourth-order valence-corrected chi connectivity index (χ4v) is 4.13. The molecular weight excluding hydrogens is 398 g/mol. The Bertz CT molecular complexity index is 856. The van der Waals surface area contributed by atoms with Gasteiger partial charge in [0.1, 0.15) is 11.5 Å². The van der Waals surface area contributed by atoms with Crippen LogP contribution in [0, 0.1) is 0 Å². The number of amides is 2. The molecule has 1 aliphatic heterocycles. The summed E-state index contributed by atoms with van der Waals surface area (Å²) in [6.07, 6.45) is 0.425. The van der Waals surface area contributed by atoms with Crippen molar-refractivity contribution in [2.75, 3.05) is 13.2 Å². The Morgan fingerprint density at radius 1 is 1.04 bits per heavy atom. The number of benzene rings is 2. The van der Waals surface area contributed by atoms with Gasteiger partial charge in [0.05, 0.1) is 25.0 Å². The van der Waals surface area contributed by atoms with E-state index >= 15 is 0 Å². The van der Waals surface area contributed by atoms with Crippen LogP contribution in [0.4, 0.5) is 4.79 Å². The second-order valence-corrected chi connectivity index (χ2v) is 7.85. The highest BCUT2D eigenvalue weighted by atomic mass is 35.5. The predicted octanol–water partition coefficient (Wildman–Crippen LogP) is 4.94. The third-order valence-corrected chi connectivity index (χ3v) is 5.64. The Hall–Kier alpha value is -2.18. The summed E-state index contributed by atoms with van der Waals surface area (Å²) in [6, 6.07) is 12.7. The van der Waals surface area contributed by atoms with Crippen molar-refractivity contribution in [3.8, 4) is 11.5 Å². The van der Waals surface area contributed by atoms with Crippen molar-refractivity contribution in [3.63, 3.8) is 0 Å². The Morgan fingerprint density at radius 2 is 1.75 bits per heavy atom. The summed E-state index contributed by atoms with van der Waals surface area (Å²) in [7, 11) is 0. The summed E-state index contributed by atoms with van der Waals surface area (Å²) in [5.74, 6) is 1.23. The molecular formula is C21H22ClNO4S. The number of carbonyl (C=O) groups excluding carboxylic acids is 2. The molecule has 0 aliphatic carbocycles. The van der Waals surface area contributed by atoms with Gasteiger partial charge in [-0.15, -0.1) is 0 Å². The number of halogens is 1. The first-order chi connectivity index (χ1) is 13.5. The van der Waals surface area contributed by atoms with Gasteiger partial charge in [-0.3, -0.25) is 14.5 Å². The fourth-order valence-electron chi connectivity index (χ4n) is 2.99. The lowest BCUT2D eigenvalue weighted by Crippen LogP contribution is -2.31. The van der Waals surface area contributed by atoms with E-state index in [1.807, 2.05) is 44.2 Å². The molecule has 1 aliphatic rings. The molecule has 0 N–H and O–H groups in total. The van der Waals surface area contributed by atoms with Gasteiger partial charge in [0.15, 0.2) is 0 Å². The van der Waals surface area contributed by atoms with Crippen LogP contribution in [0.2, 0.25) is 5.02 Å². The molecule has 0 aromatic heterocycles. The number of hydrogen-bond acceptors (Lipinski definition) is 5. The number of hydrogen-bond donors (Lipinski definition) is 0. The van der Waals surface area contributed by atoms with E-state index in [1.165, 1.54) is 4.90 Å². The highest BCUT2D eigenvalue weighted by molar-refractivity contribution is 8.15. The van der Waals surface area contributed by atoms with Crippen LogP contribution in [-0.4, -0.2) is 34.5 Å². The average Bonchev–Trinajstić information content (AvgIpc) is 2.93. The maximum atomic E-state index is 12.8. The molecule has 3 rings (SSSR count). The van der Waals surface area contributed by atoms with Crippen LogP contribution in [0.3, 0.4) is 0 Å². The molecule has 28 heavy (non-hydrogen) atoms. The van der Waals surface area contributed by atoms with Gasteiger partial charge in [0, 0.05) is 11.1 Å². The lowest BCUT2D eigenvalue weighted by Gasteiger charge is -2.16. The monoisotopic (exact) mass is 419 g/mol. The van der Waals surface area contributed by atoms with Crippen molar-refractivity contribution in [2.45, 2.75) is 32.1 Å². The lowest BCUT2D eigenvalue weighted by atomic mass is 10.1. The number of rotatable bonds is 8. The number of nitrogens with zero attached hydrogens (tertiary/aromatic N) is 1. The molecule has 7 heteroatoms. The molecule has 0 spiro atoms. The van der Waals surface area contributed by atoms with Crippen molar-refractivity contribution < 1.29 is 19.1 Å². The SMILES string of the molecule is CCOc1ccc(C[C@H]2SC(=O)N(Cc3ccc(Cl)cc3)C2=O)c(OCC)c1. The van der Waals surface area contributed by atoms with Gasteiger partial charge in [-0.2, -0.15) is 0 Å². The molecule has 2 amide bonds. The zero-order valence-corrected chi connectivity index (χ0v) is 17.4. The molecule has 1 heterocycles. The molecule has 148 valence electrons. The molecule has 0 unspecified atom stereocenters. The minimum atomic E-state index is -0.461. The van der Waals surface area contributed by atoms with Gasteiger partial charge < -0.3 is 9.47 Å². The van der Waals surface area contributed by atoms with Crippen molar-refractivity contribution in [1.29, 1.82) is 0 Å². The molecule has 2 aromatic carbocycles. The average molecular weight is 420 g/mol. The number of imide groups is 1. The summed E-state index contributed by atoms with van der Waals surface area (Å²) in [5.41, 5.74) is 1.75. The van der Waals surface area contributed by atoms with E-state index in [-0.39, 0.29) is 17.7 Å². The zero-order chi connectivity index (χ0) is 20.1. The number of ether oxygens (including phenoxy) is 2. The molecule has 2 aromatic rings. The fraction of sp³-hybridized carbons (Fsp3) is 0.333. The van der Waals surface area contributed by atoms with E-state index in [2.05, 4.69) is 0 Å². The third-order valence-electron chi connectivity index (χ3n) is 4.31. The van der Waals surface area contributed by atoms with Gasteiger partial charge in [-0.05, 0) is 49.6 Å². The largest absolute Gasteiger partial charge is 0.494 e. The van der Waals surface area contributed by atoms with E-state index in [4.69, 9.17) is 21.1 Å². The first kappa shape index (κ1) is 20.6. The van der Waals surface area contributed by atoms with Crippen LogP contribution in [0.1, 0.15) is 25.0 Å². The number of thioether (sulfide) groups is 1. The Kier molecular flexibility index (Phi) is 6.86. The highest BCUT2D eigenvalue weighted by Crippen LogP contribution is 2.34. The summed E-state index contributed by atoms with van der Waals surface area (Å²) < 4.78 is 11.2. The van der Waals surface area contributed by atoms with Gasteiger partial charge >= 0.3 is 0 Å². The van der Waals surface area contributed by atoms with Crippen LogP contribution >= 0.6 is 23.4 Å². The van der Waals surface area contributed by atoms with E-state index in [9.17, 15) is 9.59 Å². The first-order valence-corrected chi connectivity index (χ1v) is 10.4. The normalized spacial score (nSPS) is 16.5. The zero-order valence-electron chi connectivity index (χ0n) is 15.8. The molecule has 1 atom stereocenters. The Balaban J connectivity index is 1.73. The van der Waals surface area contributed by atoms with E-state index in [0.717, 1.165) is 28.6 Å². The second-order valence-electron chi connectivity index (χ2n) is 6.26.